The molecule has 1 saturated heterocycles. The molecular weight excluding hydrogens is 333 g/mol. The van der Waals surface area contributed by atoms with E-state index < -0.39 is 0 Å². The number of hydrogen-bond donors (Lipinski definition) is 1. The number of nitrogens with zero attached hydrogens (tertiary/aromatic N) is 2. The minimum atomic E-state index is -0.189. The van der Waals surface area contributed by atoms with E-state index in [4.69, 9.17) is 0 Å². The van der Waals surface area contributed by atoms with Gasteiger partial charge < -0.3 is 5.32 Å². The molecule has 3 heterocycles. The molecule has 0 bridgehead atoms. The Balaban J connectivity index is 1.53. The van der Waals surface area contributed by atoms with Crippen LogP contribution in [0.4, 0.5) is 4.39 Å². The Kier molecular flexibility index (Phi) is 4.88. The number of halogens is 1. The van der Waals surface area contributed by atoms with Gasteiger partial charge in [-0.25, -0.2) is 4.39 Å². The average molecular weight is 353 g/mol. The summed E-state index contributed by atoms with van der Waals surface area (Å²) in [6.07, 6.45) is 3.77. The van der Waals surface area contributed by atoms with Crippen molar-refractivity contribution in [1.29, 1.82) is 0 Å². The van der Waals surface area contributed by atoms with Gasteiger partial charge in [-0.1, -0.05) is 18.2 Å². The average Bonchev–Trinajstić information content (AvgIpc) is 3.12. The third-order valence-electron chi connectivity index (χ3n) is 4.55. The summed E-state index contributed by atoms with van der Waals surface area (Å²) in [5.41, 5.74) is 2.19. The summed E-state index contributed by atoms with van der Waals surface area (Å²) in [5, 5.41) is 3.48. The van der Waals surface area contributed by atoms with E-state index in [0.717, 1.165) is 36.6 Å². The van der Waals surface area contributed by atoms with Gasteiger partial charge in [-0.05, 0) is 41.5 Å². The van der Waals surface area contributed by atoms with Crippen molar-refractivity contribution in [3.8, 4) is 10.4 Å². The Morgan fingerprint density at radius 1 is 1.20 bits per heavy atom. The summed E-state index contributed by atoms with van der Waals surface area (Å²) in [6.45, 7) is 3.85. The molecule has 5 heteroatoms. The highest BCUT2D eigenvalue weighted by molar-refractivity contribution is 7.15. The number of rotatable bonds is 4. The fourth-order valence-electron chi connectivity index (χ4n) is 3.30. The van der Waals surface area contributed by atoms with E-state index in [1.165, 1.54) is 16.5 Å². The number of thiophene rings is 1. The van der Waals surface area contributed by atoms with Gasteiger partial charge >= 0.3 is 0 Å². The van der Waals surface area contributed by atoms with E-state index in [2.05, 4.69) is 33.4 Å². The second kappa shape index (κ2) is 7.44. The van der Waals surface area contributed by atoms with Crippen LogP contribution in [0.5, 0.6) is 0 Å². The molecule has 0 aliphatic carbocycles. The number of hydrogen-bond acceptors (Lipinski definition) is 4. The Hall–Kier alpha value is -2.08. The Morgan fingerprint density at radius 3 is 3.00 bits per heavy atom. The van der Waals surface area contributed by atoms with Crippen molar-refractivity contribution in [2.75, 3.05) is 19.6 Å². The zero-order valence-electron chi connectivity index (χ0n) is 13.9. The van der Waals surface area contributed by atoms with Crippen molar-refractivity contribution in [2.45, 2.75) is 12.6 Å². The molecule has 3 nitrogen and oxygen atoms in total. The van der Waals surface area contributed by atoms with Crippen molar-refractivity contribution in [1.82, 2.24) is 15.2 Å². The molecule has 0 spiro atoms. The van der Waals surface area contributed by atoms with E-state index in [0.29, 0.717) is 6.04 Å². The van der Waals surface area contributed by atoms with Gasteiger partial charge in [0.15, 0.2) is 0 Å². The molecule has 128 valence electrons. The highest BCUT2D eigenvalue weighted by Gasteiger charge is 2.24. The maximum Gasteiger partial charge on any atom is 0.123 e. The van der Waals surface area contributed by atoms with Crippen LogP contribution in [0.2, 0.25) is 0 Å². The Morgan fingerprint density at radius 2 is 2.16 bits per heavy atom. The van der Waals surface area contributed by atoms with Gasteiger partial charge in [-0.15, -0.1) is 11.3 Å². The van der Waals surface area contributed by atoms with E-state index in [1.807, 2.05) is 24.5 Å². The summed E-state index contributed by atoms with van der Waals surface area (Å²) in [5.74, 6) is -0.189. The molecule has 25 heavy (non-hydrogen) atoms. The van der Waals surface area contributed by atoms with E-state index in [-0.39, 0.29) is 5.82 Å². The molecule has 1 aliphatic heterocycles. The van der Waals surface area contributed by atoms with Crippen molar-refractivity contribution in [3.05, 3.63) is 77.2 Å². The molecular formula is C20H20FN3S. The van der Waals surface area contributed by atoms with Crippen LogP contribution in [0.15, 0.2) is 60.9 Å². The first-order valence-electron chi connectivity index (χ1n) is 8.49. The number of pyridine rings is 1. The van der Waals surface area contributed by atoms with Gasteiger partial charge in [0, 0.05) is 54.4 Å². The molecule has 0 saturated carbocycles. The third kappa shape index (κ3) is 3.79. The van der Waals surface area contributed by atoms with Crippen LogP contribution in [-0.4, -0.2) is 29.5 Å². The number of piperazine rings is 1. The van der Waals surface area contributed by atoms with Crippen molar-refractivity contribution >= 4 is 11.3 Å². The summed E-state index contributed by atoms with van der Waals surface area (Å²) < 4.78 is 13.5. The first-order valence-corrected chi connectivity index (χ1v) is 9.30. The van der Waals surface area contributed by atoms with Crippen LogP contribution in [0, 0.1) is 5.82 Å². The highest BCUT2D eigenvalue weighted by atomic mass is 32.1. The van der Waals surface area contributed by atoms with E-state index >= 15 is 0 Å². The summed E-state index contributed by atoms with van der Waals surface area (Å²) >= 11 is 1.74. The molecule has 1 atom stereocenters. The molecule has 4 rings (SSSR count). The Bertz CT molecular complexity index is 834. The lowest BCUT2D eigenvalue weighted by Gasteiger charge is -2.36. The molecule has 1 aliphatic rings. The maximum atomic E-state index is 13.5. The van der Waals surface area contributed by atoms with Crippen LogP contribution >= 0.6 is 11.3 Å². The zero-order valence-corrected chi connectivity index (χ0v) is 14.7. The van der Waals surface area contributed by atoms with Crippen molar-refractivity contribution < 1.29 is 4.39 Å². The highest BCUT2D eigenvalue weighted by Crippen LogP contribution is 2.31. The van der Waals surface area contributed by atoms with Crippen molar-refractivity contribution in [3.63, 3.8) is 0 Å². The molecule has 2 aromatic heterocycles. The largest absolute Gasteiger partial charge is 0.314 e. The molecule has 3 aromatic rings. The van der Waals surface area contributed by atoms with Gasteiger partial charge in [-0.3, -0.25) is 9.88 Å². The SMILES string of the molecule is Fc1cccc(-c2ccc(CN3CCNCC3c3cccnc3)s2)c1. The molecule has 1 unspecified atom stereocenters. The fourth-order valence-corrected chi connectivity index (χ4v) is 4.33. The smallest absolute Gasteiger partial charge is 0.123 e. The van der Waals surface area contributed by atoms with Crippen LogP contribution < -0.4 is 5.32 Å². The number of aromatic nitrogens is 1. The minimum Gasteiger partial charge on any atom is -0.314 e. The van der Waals surface area contributed by atoms with Crippen LogP contribution in [0.25, 0.3) is 10.4 Å². The summed E-state index contributed by atoms with van der Waals surface area (Å²) in [4.78, 5) is 9.18. The predicted molar refractivity (Wildman–Crippen MR) is 100.0 cm³/mol. The standard InChI is InChI=1S/C20H20FN3S/c21-17-5-1-3-15(11-17)20-7-6-18(25-20)14-24-10-9-23-13-19(24)16-4-2-8-22-12-16/h1-8,11-12,19,23H,9-10,13-14H2. The second-order valence-corrected chi connectivity index (χ2v) is 7.42. The number of nitrogens with one attached hydrogen (secondary N) is 1. The fraction of sp³-hybridized carbons (Fsp3) is 0.250. The van der Waals surface area contributed by atoms with Crippen LogP contribution in [-0.2, 0) is 6.54 Å². The van der Waals surface area contributed by atoms with Crippen LogP contribution in [0.3, 0.4) is 0 Å². The minimum absolute atomic E-state index is 0.189. The second-order valence-electron chi connectivity index (χ2n) is 6.25. The normalized spacial score (nSPS) is 18.4. The van der Waals surface area contributed by atoms with E-state index in [9.17, 15) is 4.39 Å². The third-order valence-corrected chi connectivity index (χ3v) is 5.67. The zero-order chi connectivity index (χ0) is 17.1. The topological polar surface area (TPSA) is 28.2 Å². The van der Waals surface area contributed by atoms with Gasteiger partial charge in [0.25, 0.3) is 0 Å². The van der Waals surface area contributed by atoms with E-state index in [1.54, 1.807) is 23.5 Å². The summed E-state index contributed by atoms with van der Waals surface area (Å²) in [7, 11) is 0. The monoisotopic (exact) mass is 353 g/mol. The van der Waals surface area contributed by atoms with Crippen LogP contribution in [0.1, 0.15) is 16.5 Å². The maximum absolute atomic E-state index is 13.5. The quantitative estimate of drug-likeness (QED) is 0.765. The molecule has 0 amide bonds. The Labute approximate surface area is 151 Å². The lowest BCUT2D eigenvalue weighted by molar-refractivity contribution is 0.155. The molecule has 1 aromatic carbocycles. The lowest BCUT2D eigenvalue weighted by atomic mass is 10.1. The molecule has 0 radical (unpaired) electrons. The summed E-state index contributed by atoms with van der Waals surface area (Å²) in [6, 6.07) is 15.5. The van der Waals surface area contributed by atoms with Crippen molar-refractivity contribution in [2.24, 2.45) is 0 Å². The number of benzene rings is 1. The lowest BCUT2D eigenvalue weighted by Crippen LogP contribution is -2.45. The predicted octanol–water partition coefficient (Wildman–Crippen LogP) is 4.10. The van der Waals surface area contributed by atoms with Gasteiger partial charge in [0.1, 0.15) is 5.82 Å². The first-order chi connectivity index (χ1) is 12.3. The molecule has 1 N–H and O–H groups in total. The van der Waals surface area contributed by atoms with Gasteiger partial charge in [0.2, 0.25) is 0 Å². The first kappa shape index (κ1) is 16.4. The van der Waals surface area contributed by atoms with Gasteiger partial charge in [-0.2, -0.15) is 0 Å². The molecule has 1 fully saturated rings. The van der Waals surface area contributed by atoms with Gasteiger partial charge in [0.05, 0.1) is 0 Å².